The predicted molar refractivity (Wildman–Crippen MR) is 71.4 cm³/mol. The van der Waals surface area contributed by atoms with Crippen LogP contribution in [0.2, 0.25) is 0 Å². The van der Waals surface area contributed by atoms with Crippen LogP contribution in [0, 0.1) is 17.7 Å². The Hall–Kier alpha value is -0.116. The van der Waals surface area contributed by atoms with Crippen LogP contribution in [0.3, 0.4) is 0 Å². The van der Waals surface area contributed by atoms with E-state index in [0.29, 0.717) is 0 Å². The summed E-state index contributed by atoms with van der Waals surface area (Å²) >= 11 is 3.28. The van der Waals surface area contributed by atoms with Crippen LogP contribution in [0.15, 0.2) is 30.0 Å². The number of Topliss-reactive ketones (excluding diaryl/α,β-unsaturated/α-hetero) is 1. The summed E-state index contributed by atoms with van der Waals surface area (Å²) in [5, 5.41) is 1.87. The van der Waals surface area contributed by atoms with Gasteiger partial charge in [-0.1, -0.05) is 29.7 Å². The minimum atomic E-state index is -0.000671. The molecule has 0 bridgehead atoms. The maximum absolute atomic E-state index is 12.1. The SMILES string of the molecule is COC1=Cc2ccccc2C(=O)[CH-]C1C[CH-]Br.[Y]. The van der Waals surface area contributed by atoms with Crippen LogP contribution in [-0.4, -0.2) is 12.9 Å². The number of ether oxygens (including phenoxy) is 1. The number of fused-ring (bicyclic) bond motifs is 1. The number of benzene rings is 1. The van der Waals surface area contributed by atoms with Gasteiger partial charge in [0.2, 0.25) is 0 Å². The molecule has 1 aliphatic rings. The van der Waals surface area contributed by atoms with E-state index in [4.69, 9.17) is 4.74 Å². The summed E-state index contributed by atoms with van der Waals surface area (Å²) in [4.78, 5) is 12.1. The molecule has 0 aliphatic heterocycles. The van der Waals surface area contributed by atoms with E-state index in [1.807, 2.05) is 35.7 Å². The maximum atomic E-state index is 12.1. The molecule has 2 nitrogen and oxygen atoms in total. The molecule has 0 amide bonds. The van der Waals surface area contributed by atoms with Crippen molar-refractivity contribution in [2.24, 2.45) is 5.92 Å². The van der Waals surface area contributed by atoms with Gasteiger partial charge in [0, 0.05) is 38.5 Å². The minimum Gasteiger partial charge on any atom is -0.502 e. The Balaban J connectivity index is 0.00000162. The van der Waals surface area contributed by atoms with Crippen LogP contribution in [0.25, 0.3) is 6.08 Å². The van der Waals surface area contributed by atoms with E-state index in [-0.39, 0.29) is 44.4 Å². The number of carbonyl (C=O) groups excluding carboxylic acids is 1. The molecule has 0 N–H and O–H groups in total. The van der Waals surface area contributed by atoms with E-state index in [1.165, 1.54) is 0 Å². The quantitative estimate of drug-likeness (QED) is 0.747. The summed E-state index contributed by atoms with van der Waals surface area (Å²) in [5.74, 6) is 0.876. The first-order chi connectivity index (χ1) is 8.26. The number of rotatable bonds is 3. The third-order valence-corrected chi connectivity index (χ3v) is 3.19. The largest absolute Gasteiger partial charge is 0.502 e. The molecule has 0 heterocycles. The number of carbonyl (C=O) groups is 1. The Kier molecular flexibility index (Phi) is 6.61. The van der Waals surface area contributed by atoms with Gasteiger partial charge in [-0.15, -0.1) is 11.6 Å². The Bertz CT molecular complexity index is 457. The number of allylic oxidation sites excluding steroid dienone is 1. The van der Waals surface area contributed by atoms with Crippen LogP contribution in [0.5, 0.6) is 0 Å². The van der Waals surface area contributed by atoms with E-state index in [9.17, 15) is 4.79 Å². The van der Waals surface area contributed by atoms with Crippen molar-refractivity contribution in [3.05, 3.63) is 52.9 Å². The van der Waals surface area contributed by atoms with Crippen molar-refractivity contribution in [2.75, 3.05) is 7.11 Å². The molecule has 93 valence electrons. The average molecular weight is 382 g/mol. The zero-order chi connectivity index (χ0) is 12.3. The van der Waals surface area contributed by atoms with Crippen LogP contribution < -0.4 is 0 Å². The molecule has 1 unspecified atom stereocenters. The Morgan fingerprint density at radius 2 is 2.17 bits per heavy atom. The molecule has 0 saturated heterocycles. The second-order valence-corrected chi connectivity index (χ2v) is 4.51. The Morgan fingerprint density at radius 1 is 1.44 bits per heavy atom. The summed E-state index contributed by atoms with van der Waals surface area (Å²) in [7, 11) is 1.64. The first kappa shape index (κ1) is 15.9. The van der Waals surface area contributed by atoms with Gasteiger partial charge in [-0.05, 0) is 6.08 Å². The van der Waals surface area contributed by atoms with Gasteiger partial charge in [-0.2, -0.15) is 12.8 Å². The van der Waals surface area contributed by atoms with Gasteiger partial charge < -0.3 is 25.5 Å². The fourth-order valence-corrected chi connectivity index (χ4v) is 2.36. The maximum Gasteiger partial charge on any atom is 0.0824 e. The van der Waals surface area contributed by atoms with Crippen molar-refractivity contribution >= 4 is 27.8 Å². The molecule has 2 rings (SSSR count). The molecule has 1 radical (unpaired) electrons. The zero-order valence-corrected chi connectivity index (χ0v) is 14.5. The van der Waals surface area contributed by atoms with E-state index in [2.05, 4.69) is 15.9 Å². The molecule has 0 saturated carbocycles. The molecule has 0 fully saturated rings. The zero-order valence-electron chi connectivity index (χ0n) is 10.1. The van der Waals surface area contributed by atoms with Crippen molar-refractivity contribution in [3.8, 4) is 0 Å². The van der Waals surface area contributed by atoms with Gasteiger partial charge in [0.05, 0.1) is 12.9 Å². The molecule has 1 aromatic rings. The summed E-state index contributed by atoms with van der Waals surface area (Å²) in [6.45, 7) is 0. The number of hydrogen-bond acceptors (Lipinski definition) is 2. The van der Waals surface area contributed by atoms with Gasteiger partial charge in [-0.25, -0.2) is 0 Å². The molecule has 1 aromatic carbocycles. The van der Waals surface area contributed by atoms with E-state index in [1.54, 1.807) is 13.5 Å². The average Bonchev–Trinajstić information content (AvgIpc) is 2.48. The first-order valence-corrected chi connectivity index (χ1v) is 6.33. The smallest absolute Gasteiger partial charge is 0.0824 e. The van der Waals surface area contributed by atoms with Crippen molar-refractivity contribution in [3.63, 3.8) is 0 Å². The molecule has 0 aromatic heterocycles. The Morgan fingerprint density at radius 3 is 2.83 bits per heavy atom. The molecule has 18 heavy (non-hydrogen) atoms. The van der Waals surface area contributed by atoms with Gasteiger partial charge in [0.15, 0.2) is 0 Å². The van der Waals surface area contributed by atoms with Crippen molar-refractivity contribution in [1.29, 1.82) is 0 Å². The molecule has 0 spiro atoms. The van der Waals surface area contributed by atoms with Crippen LogP contribution in [0.1, 0.15) is 22.3 Å². The number of ketones is 1. The monoisotopic (exact) mass is 381 g/mol. The number of methoxy groups -OCH3 is 1. The normalized spacial score (nSPS) is 17.8. The van der Waals surface area contributed by atoms with Crippen LogP contribution in [0.4, 0.5) is 0 Å². The molecule has 4 heteroatoms. The van der Waals surface area contributed by atoms with Crippen LogP contribution >= 0.6 is 15.9 Å². The van der Waals surface area contributed by atoms with Gasteiger partial charge >= 0.3 is 0 Å². The third kappa shape index (κ3) is 3.46. The van der Waals surface area contributed by atoms with Gasteiger partial charge in [0.25, 0.3) is 0 Å². The van der Waals surface area contributed by atoms with Gasteiger partial charge in [-0.3, -0.25) is 5.33 Å². The third-order valence-electron chi connectivity index (χ3n) is 2.82. The standard InChI is InChI=1S/C14H13BrO2.Y/c1-17-14-9-10-4-2-3-5-12(10)13(16)8-11(14)6-7-15;/h2-5,7-9,11H,6H2,1H3;/q-2;. The first-order valence-electron chi connectivity index (χ1n) is 5.42. The molecule has 1 atom stereocenters. The summed E-state index contributed by atoms with van der Waals surface area (Å²) in [6, 6.07) is 7.58. The topological polar surface area (TPSA) is 26.3 Å². The van der Waals surface area contributed by atoms with Crippen LogP contribution in [-0.2, 0) is 37.4 Å². The fraction of sp³-hybridized carbons (Fsp3) is 0.214. The summed E-state index contributed by atoms with van der Waals surface area (Å²) in [6.07, 6.45) is 4.40. The van der Waals surface area contributed by atoms with Crippen molar-refractivity contribution in [1.82, 2.24) is 0 Å². The van der Waals surface area contributed by atoms with E-state index in [0.717, 1.165) is 23.3 Å². The van der Waals surface area contributed by atoms with Crippen molar-refractivity contribution in [2.45, 2.75) is 6.42 Å². The van der Waals surface area contributed by atoms with Crippen molar-refractivity contribution < 1.29 is 42.2 Å². The molecular formula is C14H13BrO2Y-2. The summed E-state index contributed by atoms with van der Waals surface area (Å²) < 4.78 is 5.38. The second-order valence-electron chi connectivity index (χ2n) is 3.87. The van der Waals surface area contributed by atoms with E-state index >= 15 is 0 Å². The number of hydrogen-bond donors (Lipinski definition) is 0. The fourth-order valence-electron chi connectivity index (χ4n) is 1.95. The Labute approximate surface area is 141 Å². The molecule has 1 aliphatic carbocycles. The molecular weight excluding hydrogens is 369 g/mol. The summed E-state index contributed by atoms with van der Waals surface area (Å²) in [5.41, 5.74) is 1.65. The predicted octanol–water partition coefficient (Wildman–Crippen LogP) is 3.63. The second kappa shape index (κ2) is 7.47. The minimum absolute atomic E-state index is 0. The van der Waals surface area contributed by atoms with Gasteiger partial charge in [0.1, 0.15) is 0 Å². The van der Waals surface area contributed by atoms with E-state index < -0.39 is 0 Å². The number of halogens is 1.